The number of para-hydroxylation sites is 1. The quantitative estimate of drug-likeness (QED) is 0.564. The molecule has 0 saturated carbocycles. The van der Waals surface area contributed by atoms with Crippen LogP contribution in [0.5, 0.6) is 5.75 Å². The first-order chi connectivity index (χ1) is 13.5. The fourth-order valence-corrected chi connectivity index (χ4v) is 2.78. The SMILES string of the molecule is Cc1cc(C)n(CCN(C)C(=O)CCc2nnc(COc3ccccc3)o2)n1. The van der Waals surface area contributed by atoms with Gasteiger partial charge in [-0.3, -0.25) is 9.48 Å². The lowest BCUT2D eigenvalue weighted by Crippen LogP contribution is -2.30. The Labute approximate surface area is 164 Å². The molecule has 2 heterocycles. The number of rotatable bonds is 9. The molecule has 0 spiro atoms. The van der Waals surface area contributed by atoms with Crippen LogP contribution in [0.15, 0.2) is 40.8 Å². The third-order valence-electron chi connectivity index (χ3n) is 4.34. The first-order valence-corrected chi connectivity index (χ1v) is 9.25. The molecule has 28 heavy (non-hydrogen) atoms. The Morgan fingerprint density at radius 2 is 1.93 bits per heavy atom. The summed E-state index contributed by atoms with van der Waals surface area (Å²) in [5, 5.41) is 12.4. The van der Waals surface area contributed by atoms with Crippen LogP contribution in [-0.4, -0.2) is 44.4 Å². The van der Waals surface area contributed by atoms with E-state index in [1.54, 1.807) is 11.9 Å². The molecule has 3 aromatic rings. The largest absolute Gasteiger partial charge is 0.484 e. The summed E-state index contributed by atoms with van der Waals surface area (Å²) >= 11 is 0. The van der Waals surface area contributed by atoms with Gasteiger partial charge in [0.2, 0.25) is 11.8 Å². The first kappa shape index (κ1) is 19.6. The van der Waals surface area contributed by atoms with Gasteiger partial charge in [0.25, 0.3) is 5.89 Å². The summed E-state index contributed by atoms with van der Waals surface area (Å²) in [6.07, 6.45) is 0.718. The lowest BCUT2D eigenvalue weighted by molar-refractivity contribution is -0.130. The summed E-state index contributed by atoms with van der Waals surface area (Å²) in [6.45, 7) is 5.44. The molecule has 3 rings (SSSR count). The monoisotopic (exact) mass is 383 g/mol. The third kappa shape index (κ3) is 5.42. The topological polar surface area (TPSA) is 86.3 Å². The van der Waals surface area contributed by atoms with Gasteiger partial charge in [-0.2, -0.15) is 5.10 Å². The van der Waals surface area contributed by atoms with Crippen molar-refractivity contribution in [3.63, 3.8) is 0 Å². The van der Waals surface area contributed by atoms with E-state index >= 15 is 0 Å². The van der Waals surface area contributed by atoms with E-state index in [0.29, 0.717) is 37.7 Å². The summed E-state index contributed by atoms with van der Waals surface area (Å²) < 4.78 is 13.0. The number of carbonyl (C=O) groups is 1. The van der Waals surface area contributed by atoms with Crippen molar-refractivity contribution in [1.29, 1.82) is 0 Å². The van der Waals surface area contributed by atoms with Gasteiger partial charge in [0.15, 0.2) is 6.61 Å². The molecule has 0 bridgehead atoms. The van der Waals surface area contributed by atoms with Gasteiger partial charge >= 0.3 is 0 Å². The van der Waals surface area contributed by atoms with Gasteiger partial charge in [0.05, 0.1) is 12.2 Å². The molecule has 0 atom stereocenters. The Morgan fingerprint density at radius 3 is 2.64 bits per heavy atom. The van der Waals surface area contributed by atoms with Gasteiger partial charge in [0.1, 0.15) is 5.75 Å². The number of likely N-dealkylation sites (N-methyl/N-ethyl adjacent to an activating group) is 1. The van der Waals surface area contributed by atoms with Crippen LogP contribution in [0, 0.1) is 13.8 Å². The number of carbonyl (C=O) groups excluding carboxylic acids is 1. The standard InChI is InChI=1S/C20H25N5O3/c1-15-13-16(2)25(23-15)12-11-24(3)20(26)10-9-18-21-22-19(28-18)14-27-17-7-5-4-6-8-17/h4-8,13H,9-12,14H2,1-3H3. The highest BCUT2D eigenvalue weighted by Gasteiger charge is 2.13. The second-order valence-corrected chi connectivity index (χ2v) is 6.66. The highest BCUT2D eigenvalue weighted by atomic mass is 16.5. The second kappa shape index (κ2) is 9.16. The zero-order valence-corrected chi connectivity index (χ0v) is 16.5. The van der Waals surface area contributed by atoms with E-state index in [9.17, 15) is 4.79 Å². The van der Waals surface area contributed by atoms with Crippen LogP contribution in [-0.2, 0) is 24.4 Å². The summed E-state index contributed by atoms with van der Waals surface area (Å²) in [5.74, 6) is 1.60. The molecular formula is C20H25N5O3. The zero-order chi connectivity index (χ0) is 19.9. The molecule has 0 aliphatic rings. The molecule has 0 radical (unpaired) electrons. The highest BCUT2D eigenvalue weighted by Crippen LogP contribution is 2.12. The zero-order valence-electron chi connectivity index (χ0n) is 16.5. The van der Waals surface area contributed by atoms with Crippen molar-refractivity contribution in [1.82, 2.24) is 24.9 Å². The Morgan fingerprint density at radius 1 is 1.18 bits per heavy atom. The smallest absolute Gasteiger partial charge is 0.253 e. The minimum absolute atomic E-state index is 0.0295. The first-order valence-electron chi connectivity index (χ1n) is 9.25. The molecule has 148 valence electrons. The maximum atomic E-state index is 12.3. The van der Waals surface area contributed by atoms with Gasteiger partial charge in [-0.05, 0) is 32.0 Å². The van der Waals surface area contributed by atoms with Gasteiger partial charge in [-0.15, -0.1) is 10.2 Å². The lowest BCUT2D eigenvalue weighted by Gasteiger charge is -2.17. The fraction of sp³-hybridized carbons (Fsp3) is 0.400. The molecule has 0 saturated heterocycles. The van der Waals surface area contributed by atoms with E-state index in [-0.39, 0.29) is 12.5 Å². The maximum Gasteiger partial charge on any atom is 0.253 e. The van der Waals surface area contributed by atoms with Gasteiger partial charge in [-0.1, -0.05) is 18.2 Å². The Kier molecular flexibility index (Phi) is 6.41. The van der Waals surface area contributed by atoms with Crippen molar-refractivity contribution in [3.8, 4) is 5.75 Å². The van der Waals surface area contributed by atoms with Crippen LogP contribution in [0.4, 0.5) is 0 Å². The number of aryl methyl sites for hydroxylation is 3. The minimum atomic E-state index is 0.0295. The fourth-order valence-electron chi connectivity index (χ4n) is 2.78. The molecule has 8 heteroatoms. The molecule has 0 aliphatic carbocycles. The Hall–Kier alpha value is -3.16. The van der Waals surface area contributed by atoms with Crippen molar-refractivity contribution >= 4 is 5.91 Å². The van der Waals surface area contributed by atoms with E-state index in [0.717, 1.165) is 17.1 Å². The van der Waals surface area contributed by atoms with E-state index in [4.69, 9.17) is 9.15 Å². The Bertz CT molecular complexity index is 904. The van der Waals surface area contributed by atoms with Crippen molar-refractivity contribution in [3.05, 3.63) is 59.6 Å². The molecule has 0 unspecified atom stereocenters. The number of ether oxygens (including phenoxy) is 1. The van der Waals surface area contributed by atoms with Crippen LogP contribution in [0.2, 0.25) is 0 Å². The van der Waals surface area contributed by atoms with Crippen molar-refractivity contribution in [2.24, 2.45) is 0 Å². The normalized spacial score (nSPS) is 10.8. The Balaban J connectivity index is 1.41. The minimum Gasteiger partial charge on any atom is -0.484 e. The number of aromatic nitrogens is 4. The van der Waals surface area contributed by atoms with E-state index in [2.05, 4.69) is 15.3 Å². The van der Waals surface area contributed by atoms with Gasteiger partial charge < -0.3 is 14.1 Å². The molecule has 0 fully saturated rings. The molecular weight excluding hydrogens is 358 g/mol. The number of hydrogen-bond donors (Lipinski definition) is 0. The molecule has 8 nitrogen and oxygen atoms in total. The summed E-state index contributed by atoms with van der Waals surface area (Å²) in [6, 6.07) is 11.5. The van der Waals surface area contributed by atoms with Crippen LogP contribution in [0.25, 0.3) is 0 Å². The number of amides is 1. The predicted octanol–water partition coefficient (Wildman–Crippen LogP) is 2.55. The van der Waals surface area contributed by atoms with Crippen LogP contribution in [0.3, 0.4) is 0 Å². The van der Waals surface area contributed by atoms with E-state index in [1.165, 1.54) is 0 Å². The molecule has 2 aromatic heterocycles. The lowest BCUT2D eigenvalue weighted by atomic mass is 10.3. The number of benzene rings is 1. The van der Waals surface area contributed by atoms with Crippen molar-refractivity contribution in [2.75, 3.05) is 13.6 Å². The maximum absolute atomic E-state index is 12.3. The van der Waals surface area contributed by atoms with E-state index in [1.807, 2.05) is 54.9 Å². The van der Waals surface area contributed by atoms with Gasteiger partial charge in [-0.25, -0.2) is 0 Å². The molecule has 1 amide bonds. The summed E-state index contributed by atoms with van der Waals surface area (Å²) in [7, 11) is 1.79. The second-order valence-electron chi connectivity index (χ2n) is 6.66. The number of hydrogen-bond acceptors (Lipinski definition) is 6. The van der Waals surface area contributed by atoms with Crippen molar-refractivity contribution < 1.29 is 13.9 Å². The highest BCUT2D eigenvalue weighted by molar-refractivity contribution is 5.75. The molecule has 0 N–H and O–H groups in total. The third-order valence-corrected chi connectivity index (χ3v) is 4.34. The van der Waals surface area contributed by atoms with Gasteiger partial charge in [0, 0.05) is 32.1 Å². The van der Waals surface area contributed by atoms with Crippen LogP contribution in [0.1, 0.15) is 29.6 Å². The average molecular weight is 383 g/mol. The number of nitrogens with zero attached hydrogens (tertiary/aromatic N) is 5. The summed E-state index contributed by atoms with van der Waals surface area (Å²) in [5.41, 5.74) is 2.07. The molecule has 1 aromatic carbocycles. The average Bonchev–Trinajstić information content (AvgIpc) is 3.28. The predicted molar refractivity (Wildman–Crippen MR) is 103 cm³/mol. The van der Waals surface area contributed by atoms with Crippen LogP contribution < -0.4 is 4.74 Å². The molecule has 0 aliphatic heterocycles. The van der Waals surface area contributed by atoms with E-state index < -0.39 is 0 Å². The van der Waals surface area contributed by atoms with Crippen molar-refractivity contribution in [2.45, 2.75) is 39.8 Å². The van der Waals surface area contributed by atoms with Crippen LogP contribution >= 0.6 is 0 Å². The summed E-state index contributed by atoms with van der Waals surface area (Å²) in [4.78, 5) is 14.0.